The first kappa shape index (κ1) is 17.3. The predicted octanol–water partition coefficient (Wildman–Crippen LogP) is 4.67. The normalized spacial score (nSPS) is 10.8. The number of benzene rings is 2. The summed E-state index contributed by atoms with van der Waals surface area (Å²) in [6.45, 7) is 1.30. The summed E-state index contributed by atoms with van der Waals surface area (Å²) in [5.74, 6) is -1.15. The fourth-order valence-electron chi connectivity index (χ4n) is 2.76. The van der Waals surface area contributed by atoms with E-state index in [1.807, 2.05) is 0 Å². The minimum absolute atomic E-state index is 0.105. The lowest BCUT2D eigenvalue weighted by atomic mass is 10.1. The standard InChI is InChI=1S/C18H13Cl2NO4/c1-10-17(18(23)24)12-4-2-3-5-14(12)21(10)16(22)9-25-15-7-6-11(19)8-13(15)20/h2-8H,9H2,1H3,(H,23,24). The molecule has 128 valence electrons. The topological polar surface area (TPSA) is 68.5 Å². The highest BCUT2D eigenvalue weighted by molar-refractivity contribution is 6.35. The van der Waals surface area contributed by atoms with Crippen LogP contribution in [-0.2, 0) is 0 Å². The number of hydrogen-bond donors (Lipinski definition) is 1. The van der Waals surface area contributed by atoms with Gasteiger partial charge in [-0.05, 0) is 31.2 Å². The van der Waals surface area contributed by atoms with E-state index in [9.17, 15) is 14.7 Å². The lowest BCUT2D eigenvalue weighted by Gasteiger charge is -2.10. The van der Waals surface area contributed by atoms with E-state index in [0.717, 1.165) is 0 Å². The van der Waals surface area contributed by atoms with Gasteiger partial charge in [0, 0.05) is 16.1 Å². The first-order chi connectivity index (χ1) is 11.9. The third-order valence-corrected chi connectivity index (χ3v) is 4.35. The summed E-state index contributed by atoms with van der Waals surface area (Å²) in [5.41, 5.74) is 0.978. The number of carboxylic acid groups (broad SMARTS) is 1. The lowest BCUT2D eigenvalue weighted by molar-refractivity contribution is 0.0698. The summed E-state index contributed by atoms with van der Waals surface area (Å²) >= 11 is 11.9. The van der Waals surface area contributed by atoms with E-state index < -0.39 is 11.9 Å². The summed E-state index contributed by atoms with van der Waals surface area (Å²) in [5, 5.41) is 10.7. The minimum Gasteiger partial charge on any atom is -0.482 e. The number of aromatic nitrogens is 1. The molecule has 7 heteroatoms. The second-order valence-electron chi connectivity index (χ2n) is 5.38. The number of fused-ring (bicyclic) bond motifs is 1. The van der Waals surface area contributed by atoms with Crippen LogP contribution in [0.5, 0.6) is 5.75 Å². The molecule has 2 aromatic carbocycles. The van der Waals surface area contributed by atoms with Crippen molar-refractivity contribution in [1.29, 1.82) is 0 Å². The van der Waals surface area contributed by atoms with Gasteiger partial charge < -0.3 is 9.84 Å². The molecule has 0 amide bonds. The smallest absolute Gasteiger partial charge is 0.338 e. The number of carbonyl (C=O) groups excluding carboxylic acids is 1. The summed E-state index contributed by atoms with van der Waals surface area (Å²) in [7, 11) is 0. The van der Waals surface area contributed by atoms with Crippen molar-refractivity contribution in [3.63, 3.8) is 0 Å². The highest BCUT2D eigenvalue weighted by Gasteiger charge is 2.22. The molecule has 25 heavy (non-hydrogen) atoms. The molecule has 1 aromatic heterocycles. The first-order valence-corrected chi connectivity index (χ1v) is 8.10. The maximum Gasteiger partial charge on any atom is 0.338 e. The zero-order valence-electron chi connectivity index (χ0n) is 13.1. The lowest BCUT2D eigenvalue weighted by Crippen LogP contribution is -2.20. The molecule has 5 nitrogen and oxygen atoms in total. The van der Waals surface area contributed by atoms with Crippen LogP contribution in [0.25, 0.3) is 10.9 Å². The third kappa shape index (κ3) is 3.21. The highest BCUT2D eigenvalue weighted by atomic mass is 35.5. The number of rotatable bonds is 4. The molecule has 0 saturated heterocycles. The molecule has 0 aliphatic rings. The first-order valence-electron chi connectivity index (χ1n) is 7.34. The molecule has 0 fully saturated rings. The Morgan fingerprint density at radius 1 is 1.16 bits per heavy atom. The summed E-state index contributed by atoms with van der Waals surface area (Å²) in [6.07, 6.45) is 0. The van der Waals surface area contributed by atoms with E-state index in [1.54, 1.807) is 43.3 Å². The van der Waals surface area contributed by atoms with Gasteiger partial charge in [0.2, 0.25) is 0 Å². The number of carbonyl (C=O) groups is 2. The zero-order chi connectivity index (χ0) is 18.1. The van der Waals surface area contributed by atoms with Gasteiger partial charge in [-0.25, -0.2) is 4.79 Å². The Balaban J connectivity index is 1.95. The van der Waals surface area contributed by atoms with Gasteiger partial charge in [-0.2, -0.15) is 0 Å². The average Bonchev–Trinajstić information content (AvgIpc) is 2.85. The molecule has 0 aliphatic heterocycles. The molecular formula is C18H13Cl2NO4. The number of para-hydroxylation sites is 1. The quantitative estimate of drug-likeness (QED) is 0.716. The molecule has 1 heterocycles. The van der Waals surface area contributed by atoms with Crippen LogP contribution in [0.4, 0.5) is 0 Å². The minimum atomic E-state index is -1.08. The Morgan fingerprint density at radius 3 is 2.56 bits per heavy atom. The molecule has 1 N–H and O–H groups in total. The number of hydrogen-bond acceptors (Lipinski definition) is 3. The number of halogens is 2. The molecule has 0 saturated carbocycles. The van der Waals surface area contributed by atoms with Crippen molar-refractivity contribution >= 4 is 46.0 Å². The predicted molar refractivity (Wildman–Crippen MR) is 96.2 cm³/mol. The fourth-order valence-corrected chi connectivity index (χ4v) is 3.22. The molecular weight excluding hydrogens is 365 g/mol. The van der Waals surface area contributed by atoms with Gasteiger partial charge in [-0.3, -0.25) is 9.36 Å². The molecule has 0 aliphatic carbocycles. The van der Waals surface area contributed by atoms with Crippen LogP contribution in [0.1, 0.15) is 20.8 Å². The Morgan fingerprint density at radius 2 is 1.88 bits per heavy atom. The van der Waals surface area contributed by atoms with Crippen molar-refractivity contribution in [2.75, 3.05) is 6.61 Å². The molecule has 0 unspecified atom stereocenters. The molecule has 0 bridgehead atoms. The molecule has 0 radical (unpaired) electrons. The van der Waals surface area contributed by atoms with Gasteiger partial charge in [0.1, 0.15) is 5.75 Å². The maximum atomic E-state index is 12.6. The summed E-state index contributed by atoms with van der Waals surface area (Å²) in [6, 6.07) is 11.5. The largest absolute Gasteiger partial charge is 0.482 e. The van der Waals surface area contributed by atoms with E-state index in [4.69, 9.17) is 27.9 Å². The van der Waals surface area contributed by atoms with Crippen molar-refractivity contribution in [1.82, 2.24) is 4.57 Å². The number of ether oxygens (including phenoxy) is 1. The van der Waals surface area contributed by atoms with Crippen LogP contribution in [0.15, 0.2) is 42.5 Å². The van der Waals surface area contributed by atoms with Gasteiger partial charge in [0.05, 0.1) is 16.1 Å². The van der Waals surface area contributed by atoms with Crippen molar-refractivity contribution in [3.8, 4) is 5.75 Å². The van der Waals surface area contributed by atoms with Crippen LogP contribution in [0, 0.1) is 6.92 Å². The Labute approximate surface area is 153 Å². The molecule has 0 atom stereocenters. The van der Waals surface area contributed by atoms with Crippen molar-refractivity contribution in [2.45, 2.75) is 6.92 Å². The van der Waals surface area contributed by atoms with Gasteiger partial charge in [0.15, 0.2) is 6.61 Å². The van der Waals surface area contributed by atoms with E-state index in [1.165, 1.54) is 10.6 Å². The Bertz CT molecular complexity index is 994. The fraction of sp³-hybridized carbons (Fsp3) is 0.111. The van der Waals surface area contributed by atoms with Crippen LogP contribution >= 0.6 is 23.2 Å². The highest BCUT2D eigenvalue weighted by Crippen LogP contribution is 2.28. The van der Waals surface area contributed by atoms with Crippen molar-refractivity contribution in [3.05, 3.63) is 63.8 Å². The van der Waals surface area contributed by atoms with Crippen LogP contribution in [0.3, 0.4) is 0 Å². The number of aromatic carboxylic acids is 1. The Hall–Kier alpha value is -2.50. The second-order valence-corrected chi connectivity index (χ2v) is 6.22. The van der Waals surface area contributed by atoms with Crippen LogP contribution in [-0.4, -0.2) is 28.2 Å². The zero-order valence-corrected chi connectivity index (χ0v) is 14.6. The van der Waals surface area contributed by atoms with Gasteiger partial charge in [0.25, 0.3) is 5.91 Å². The van der Waals surface area contributed by atoms with E-state index in [2.05, 4.69) is 0 Å². The monoisotopic (exact) mass is 377 g/mol. The average molecular weight is 378 g/mol. The van der Waals surface area contributed by atoms with E-state index in [0.29, 0.717) is 32.4 Å². The van der Waals surface area contributed by atoms with E-state index in [-0.39, 0.29) is 12.2 Å². The summed E-state index contributed by atoms with van der Waals surface area (Å²) in [4.78, 5) is 24.2. The molecule has 0 spiro atoms. The van der Waals surface area contributed by atoms with Crippen molar-refractivity contribution < 1.29 is 19.4 Å². The van der Waals surface area contributed by atoms with Gasteiger partial charge >= 0.3 is 5.97 Å². The van der Waals surface area contributed by atoms with Crippen molar-refractivity contribution in [2.24, 2.45) is 0 Å². The maximum absolute atomic E-state index is 12.6. The Kier molecular flexibility index (Phi) is 4.70. The summed E-state index contributed by atoms with van der Waals surface area (Å²) < 4.78 is 6.82. The molecule has 3 aromatic rings. The second kappa shape index (κ2) is 6.78. The van der Waals surface area contributed by atoms with E-state index >= 15 is 0 Å². The van der Waals surface area contributed by atoms with Crippen LogP contribution in [0.2, 0.25) is 10.0 Å². The SMILES string of the molecule is Cc1c(C(=O)O)c2ccccc2n1C(=O)COc1ccc(Cl)cc1Cl. The van der Waals surface area contributed by atoms with Gasteiger partial charge in [-0.1, -0.05) is 41.4 Å². The third-order valence-electron chi connectivity index (χ3n) is 3.82. The number of carboxylic acids is 1. The van der Waals surface area contributed by atoms with Gasteiger partial charge in [-0.15, -0.1) is 0 Å². The number of nitrogens with zero attached hydrogens (tertiary/aromatic N) is 1. The molecule has 3 rings (SSSR count). The van der Waals surface area contributed by atoms with Crippen LogP contribution < -0.4 is 4.74 Å².